The Morgan fingerprint density at radius 3 is 2.81 bits per heavy atom. The van der Waals surface area contributed by atoms with Crippen LogP contribution in [0.5, 0.6) is 0 Å². The van der Waals surface area contributed by atoms with E-state index in [1.807, 2.05) is 43.1 Å². The number of hydrogen-bond acceptors (Lipinski definition) is 2. The first kappa shape index (κ1) is 12.1. The molecule has 0 atom stereocenters. The highest BCUT2D eigenvalue weighted by Gasteiger charge is 2.07. The lowest BCUT2D eigenvalue weighted by atomic mass is 10.2. The predicted molar refractivity (Wildman–Crippen MR) is 66.3 cm³/mol. The molecule has 1 rings (SSSR count). The summed E-state index contributed by atoms with van der Waals surface area (Å²) in [5.41, 5.74) is 2.20. The molecule has 0 saturated heterocycles. The number of likely N-dealkylation sites (N-methyl/N-ethyl adjacent to an activating group) is 1. The van der Waals surface area contributed by atoms with Crippen molar-refractivity contribution in [2.75, 3.05) is 25.0 Å². The van der Waals surface area contributed by atoms with Crippen molar-refractivity contribution in [3.05, 3.63) is 29.8 Å². The molecule has 0 heterocycles. The minimum Gasteiger partial charge on any atom is -0.365 e. The number of aryl methyl sites for hydroxylation is 1. The molecular formula is C13H16N2O. The Bertz CT molecular complexity index is 407. The Hall–Kier alpha value is -1.95. The number of para-hydroxylation sites is 1. The van der Waals surface area contributed by atoms with Crippen LogP contribution in [0.2, 0.25) is 0 Å². The maximum Gasteiger partial charge on any atom is 0.240 e. The van der Waals surface area contributed by atoms with Gasteiger partial charge in [-0.25, -0.2) is 0 Å². The number of terminal acetylenes is 1. The molecular weight excluding hydrogens is 200 g/mol. The summed E-state index contributed by atoms with van der Waals surface area (Å²) in [6.45, 7) is 2.61. The number of nitrogens with zero attached hydrogens (tertiary/aromatic N) is 1. The molecule has 1 aromatic carbocycles. The molecule has 0 fully saturated rings. The highest BCUT2D eigenvalue weighted by Crippen LogP contribution is 2.16. The van der Waals surface area contributed by atoms with Crippen molar-refractivity contribution in [1.29, 1.82) is 0 Å². The van der Waals surface area contributed by atoms with Crippen molar-refractivity contribution in [2.45, 2.75) is 6.92 Å². The smallest absolute Gasteiger partial charge is 0.240 e. The summed E-state index contributed by atoms with van der Waals surface area (Å²) in [5.74, 6) is 2.31. The molecule has 0 radical (unpaired) electrons. The Labute approximate surface area is 96.5 Å². The Morgan fingerprint density at radius 1 is 1.50 bits per heavy atom. The van der Waals surface area contributed by atoms with E-state index in [9.17, 15) is 4.79 Å². The second-order valence-electron chi connectivity index (χ2n) is 3.62. The van der Waals surface area contributed by atoms with Gasteiger partial charge < -0.3 is 10.2 Å². The minimum atomic E-state index is -0.0660. The van der Waals surface area contributed by atoms with Crippen molar-refractivity contribution in [1.82, 2.24) is 5.32 Å². The molecule has 0 unspecified atom stereocenters. The van der Waals surface area contributed by atoms with Gasteiger partial charge in [0.05, 0.1) is 13.1 Å². The van der Waals surface area contributed by atoms with Gasteiger partial charge in [-0.2, -0.15) is 0 Å². The van der Waals surface area contributed by atoms with Crippen LogP contribution in [0.4, 0.5) is 5.69 Å². The van der Waals surface area contributed by atoms with Crippen LogP contribution in [-0.2, 0) is 4.79 Å². The zero-order valence-electron chi connectivity index (χ0n) is 9.66. The number of nitrogens with one attached hydrogen (secondary N) is 1. The van der Waals surface area contributed by atoms with Crippen LogP contribution < -0.4 is 10.2 Å². The molecule has 0 aliphatic rings. The van der Waals surface area contributed by atoms with Crippen molar-refractivity contribution in [2.24, 2.45) is 0 Å². The fraction of sp³-hybridized carbons (Fsp3) is 0.308. The number of amides is 1. The van der Waals surface area contributed by atoms with Gasteiger partial charge >= 0.3 is 0 Å². The van der Waals surface area contributed by atoms with Gasteiger partial charge in [0.25, 0.3) is 0 Å². The summed E-state index contributed by atoms with van der Waals surface area (Å²) < 4.78 is 0. The number of carbonyl (C=O) groups excluding carboxylic acids is 1. The molecule has 0 aromatic heterocycles. The van der Waals surface area contributed by atoms with Crippen molar-refractivity contribution >= 4 is 11.6 Å². The maximum atomic E-state index is 11.4. The van der Waals surface area contributed by atoms with E-state index >= 15 is 0 Å². The Kier molecular flexibility index (Phi) is 4.41. The van der Waals surface area contributed by atoms with E-state index in [0.717, 1.165) is 11.3 Å². The SMILES string of the molecule is C#CCNC(=O)CN(C)c1ccccc1C. The highest BCUT2D eigenvalue weighted by molar-refractivity contribution is 5.81. The van der Waals surface area contributed by atoms with Crippen LogP contribution in [0.3, 0.4) is 0 Å². The summed E-state index contributed by atoms with van der Waals surface area (Å²) in [7, 11) is 1.89. The third-order valence-corrected chi connectivity index (χ3v) is 2.30. The molecule has 84 valence electrons. The number of anilines is 1. The number of hydrogen-bond donors (Lipinski definition) is 1. The summed E-state index contributed by atoms with van der Waals surface area (Å²) in [4.78, 5) is 13.4. The summed E-state index contributed by atoms with van der Waals surface area (Å²) in [5, 5.41) is 2.64. The van der Waals surface area contributed by atoms with Crippen molar-refractivity contribution < 1.29 is 4.79 Å². The van der Waals surface area contributed by atoms with E-state index in [0.29, 0.717) is 6.54 Å². The van der Waals surface area contributed by atoms with E-state index in [4.69, 9.17) is 6.42 Å². The predicted octanol–water partition coefficient (Wildman–Crippen LogP) is 1.18. The number of benzene rings is 1. The Morgan fingerprint density at radius 2 is 2.19 bits per heavy atom. The fourth-order valence-corrected chi connectivity index (χ4v) is 1.50. The van der Waals surface area contributed by atoms with Gasteiger partial charge in [-0.1, -0.05) is 24.1 Å². The molecule has 0 aliphatic heterocycles. The van der Waals surface area contributed by atoms with Crippen LogP contribution in [0, 0.1) is 19.3 Å². The quantitative estimate of drug-likeness (QED) is 0.766. The van der Waals surface area contributed by atoms with Gasteiger partial charge in [0.15, 0.2) is 0 Å². The molecule has 16 heavy (non-hydrogen) atoms. The molecule has 0 spiro atoms. The fourth-order valence-electron chi connectivity index (χ4n) is 1.50. The lowest BCUT2D eigenvalue weighted by molar-refractivity contribution is -0.119. The van der Waals surface area contributed by atoms with Gasteiger partial charge in [-0.15, -0.1) is 6.42 Å². The zero-order valence-corrected chi connectivity index (χ0v) is 9.66. The topological polar surface area (TPSA) is 32.3 Å². The van der Waals surface area contributed by atoms with Gasteiger partial charge in [-0.05, 0) is 18.6 Å². The largest absolute Gasteiger partial charge is 0.365 e. The molecule has 3 nitrogen and oxygen atoms in total. The second kappa shape index (κ2) is 5.82. The van der Waals surface area contributed by atoms with Crippen molar-refractivity contribution in [3.8, 4) is 12.3 Å². The Balaban J connectivity index is 2.59. The third-order valence-electron chi connectivity index (χ3n) is 2.30. The average Bonchev–Trinajstić information content (AvgIpc) is 2.26. The highest BCUT2D eigenvalue weighted by atomic mass is 16.2. The van der Waals surface area contributed by atoms with Crippen LogP contribution in [-0.4, -0.2) is 26.0 Å². The van der Waals surface area contributed by atoms with Crippen LogP contribution in [0.15, 0.2) is 24.3 Å². The lowest BCUT2D eigenvalue weighted by Gasteiger charge is -2.20. The molecule has 1 N–H and O–H groups in total. The van der Waals surface area contributed by atoms with Gasteiger partial charge in [0, 0.05) is 12.7 Å². The summed E-state index contributed by atoms with van der Waals surface area (Å²) in [6.07, 6.45) is 5.06. The second-order valence-corrected chi connectivity index (χ2v) is 3.62. The van der Waals surface area contributed by atoms with Crippen molar-refractivity contribution in [3.63, 3.8) is 0 Å². The van der Waals surface area contributed by atoms with Gasteiger partial charge in [0.1, 0.15) is 0 Å². The van der Waals surface area contributed by atoms with Crippen LogP contribution in [0.1, 0.15) is 5.56 Å². The molecule has 0 bridgehead atoms. The van der Waals surface area contributed by atoms with E-state index in [-0.39, 0.29) is 12.5 Å². The molecule has 3 heteroatoms. The normalized spacial score (nSPS) is 9.31. The van der Waals surface area contributed by atoms with E-state index in [1.165, 1.54) is 0 Å². The number of rotatable bonds is 4. The third kappa shape index (κ3) is 3.32. The monoisotopic (exact) mass is 216 g/mol. The lowest BCUT2D eigenvalue weighted by Crippen LogP contribution is -2.35. The molecule has 0 aliphatic carbocycles. The average molecular weight is 216 g/mol. The molecule has 0 saturated carbocycles. The van der Waals surface area contributed by atoms with Gasteiger partial charge in [-0.3, -0.25) is 4.79 Å². The first-order chi connectivity index (χ1) is 7.65. The number of carbonyl (C=O) groups is 1. The first-order valence-electron chi connectivity index (χ1n) is 5.12. The van der Waals surface area contributed by atoms with Gasteiger partial charge in [0.2, 0.25) is 5.91 Å². The van der Waals surface area contributed by atoms with Crippen LogP contribution in [0.25, 0.3) is 0 Å². The van der Waals surface area contributed by atoms with E-state index in [2.05, 4.69) is 11.2 Å². The van der Waals surface area contributed by atoms with Crippen LogP contribution >= 0.6 is 0 Å². The molecule has 1 aromatic rings. The summed E-state index contributed by atoms with van der Waals surface area (Å²) >= 11 is 0. The van der Waals surface area contributed by atoms with E-state index < -0.39 is 0 Å². The van der Waals surface area contributed by atoms with E-state index in [1.54, 1.807) is 0 Å². The minimum absolute atomic E-state index is 0.0660. The maximum absolute atomic E-state index is 11.4. The summed E-state index contributed by atoms with van der Waals surface area (Å²) in [6, 6.07) is 7.94. The first-order valence-corrected chi connectivity index (χ1v) is 5.12. The zero-order chi connectivity index (χ0) is 12.0. The standard InChI is InChI=1S/C13H16N2O/c1-4-9-14-13(16)10-15(3)12-8-6-5-7-11(12)2/h1,5-8H,9-10H2,2-3H3,(H,14,16). The molecule has 1 amide bonds.